The topological polar surface area (TPSA) is 83.6 Å². The normalized spacial score (nSPS) is 12.5. The Balaban J connectivity index is 2.12. The summed E-state index contributed by atoms with van der Waals surface area (Å²) in [6, 6.07) is 12.0. The molecule has 0 saturated carbocycles. The molecule has 5 heteroatoms. The lowest BCUT2D eigenvalue weighted by Crippen LogP contribution is -2.01. The molecule has 1 unspecified atom stereocenters. The number of pyridine rings is 1. The van der Waals surface area contributed by atoms with Crippen LogP contribution in [0.3, 0.4) is 0 Å². The van der Waals surface area contributed by atoms with Crippen LogP contribution >= 0.6 is 0 Å². The van der Waals surface area contributed by atoms with Crippen molar-refractivity contribution in [1.82, 2.24) is 4.98 Å². The van der Waals surface area contributed by atoms with E-state index in [4.69, 9.17) is 9.52 Å². The molecule has 1 atom stereocenters. The van der Waals surface area contributed by atoms with Crippen molar-refractivity contribution in [1.29, 1.82) is 0 Å². The molecule has 3 aromatic rings. The molecule has 0 amide bonds. The van der Waals surface area contributed by atoms with Crippen molar-refractivity contribution in [2.75, 3.05) is 0 Å². The second-order valence-electron chi connectivity index (χ2n) is 4.78. The van der Waals surface area contributed by atoms with Crippen LogP contribution in [0.5, 0.6) is 0 Å². The fourth-order valence-electron chi connectivity index (χ4n) is 2.33. The van der Waals surface area contributed by atoms with E-state index in [9.17, 15) is 9.90 Å². The molecule has 21 heavy (non-hydrogen) atoms. The number of carbonyl (C=O) groups is 1. The Bertz CT molecular complexity index is 822. The number of aryl methyl sites for hydroxylation is 1. The Labute approximate surface area is 120 Å². The number of aliphatic hydroxyl groups is 1. The lowest BCUT2D eigenvalue weighted by Gasteiger charge is -2.12. The first-order valence-electron chi connectivity index (χ1n) is 6.43. The van der Waals surface area contributed by atoms with Gasteiger partial charge in [-0.15, -0.1) is 0 Å². The SMILES string of the molecule is Cc1cc(C(O)c2ccc(C(=O)O)o2)c2ccccc2n1. The molecule has 0 saturated heterocycles. The van der Waals surface area contributed by atoms with E-state index in [0.717, 1.165) is 16.6 Å². The van der Waals surface area contributed by atoms with Gasteiger partial charge in [0.1, 0.15) is 11.9 Å². The molecule has 0 radical (unpaired) electrons. The van der Waals surface area contributed by atoms with Crippen molar-refractivity contribution in [3.8, 4) is 0 Å². The number of aliphatic hydroxyl groups excluding tert-OH is 1. The van der Waals surface area contributed by atoms with E-state index < -0.39 is 12.1 Å². The molecular formula is C16H13NO4. The molecule has 3 rings (SSSR count). The van der Waals surface area contributed by atoms with Gasteiger partial charge < -0.3 is 14.6 Å². The van der Waals surface area contributed by atoms with Crippen LogP contribution < -0.4 is 0 Å². The summed E-state index contributed by atoms with van der Waals surface area (Å²) in [4.78, 5) is 15.3. The average molecular weight is 283 g/mol. The molecule has 106 valence electrons. The van der Waals surface area contributed by atoms with E-state index in [1.807, 2.05) is 31.2 Å². The zero-order chi connectivity index (χ0) is 15.0. The Hall–Kier alpha value is -2.66. The van der Waals surface area contributed by atoms with Gasteiger partial charge in [-0.1, -0.05) is 18.2 Å². The van der Waals surface area contributed by atoms with Gasteiger partial charge in [0.25, 0.3) is 0 Å². The van der Waals surface area contributed by atoms with Gasteiger partial charge in [-0.25, -0.2) is 4.79 Å². The monoisotopic (exact) mass is 283 g/mol. The minimum Gasteiger partial charge on any atom is -0.475 e. The molecule has 2 heterocycles. The number of para-hydroxylation sites is 1. The van der Waals surface area contributed by atoms with E-state index in [1.54, 1.807) is 6.07 Å². The molecule has 0 fully saturated rings. The highest BCUT2D eigenvalue weighted by molar-refractivity contribution is 5.85. The molecule has 0 aliphatic heterocycles. The quantitative estimate of drug-likeness (QED) is 0.772. The standard InChI is InChI=1S/C16H13NO4/c1-9-8-11(10-4-2-3-5-12(10)17-9)15(18)13-6-7-14(21-13)16(19)20/h2-8,15,18H,1H3,(H,19,20). The van der Waals surface area contributed by atoms with Crippen molar-refractivity contribution in [2.24, 2.45) is 0 Å². The number of carboxylic acids is 1. The van der Waals surface area contributed by atoms with Crippen molar-refractivity contribution in [3.63, 3.8) is 0 Å². The van der Waals surface area contributed by atoms with E-state index in [-0.39, 0.29) is 11.5 Å². The number of aromatic nitrogens is 1. The van der Waals surface area contributed by atoms with Crippen molar-refractivity contribution in [3.05, 3.63) is 65.2 Å². The second-order valence-corrected chi connectivity index (χ2v) is 4.78. The molecule has 0 spiro atoms. The number of rotatable bonds is 3. The summed E-state index contributed by atoms with van der Waals surface area (Å²) >= 11 is 0. The molecule has 1 aromatic carbocycles. The molecule has 0 bridgehead atoms. The fourth-order valence-corrected chi connectivity index (χ4v) is 2.33. The summed E-state index contributed by atoms with van der Waals surface area (Å²) in [6.07, 6.45) is -1.04. The lowest BCUT2D eigenvalue weighted by atomic mass is 10.0. The number of aromatic carboxylic acids is 1. The van der Waals surface area contributed by atoms with Crippen LogP contribution in [-0.4, -0.2) is 21.2 Å². The van der Waals surface area contributed by atoms with Gasteiger partial charge in [0.05, 0.1) is 5.52 Å². The van der Waals surface area contributed by atoms with Crippen molar-refractivity contribution >= 4 is 16.9 Å². The highest BCUT2D eigenvalue weighted by atomic mass is 16.4. The Kier molecular flexibility index (Phi) is 3.19. The molecule has 2 aromatic heterocycles. The summed E-state index contributed by atoms with van der Waals surface area (Å²) in [5.41, 5.74) is 2.19. The van der Waals surface area contributed by atoms with Gasteiger partial charge in [0.15, 0.2) is 0 Å². The average Bonchev–Trinajstić information content (AvgIpc) is 2.95. The van der Waals surface area contributed by atoms with Crippen LogP contribution in [-0.2, 0) is 0 Å². The molecule has 2 N–H and O–H groups in total. The molecule has 0 aliphatic rings. The maximum Gasteiger partial charge on any atom is 0.371 e. The summed E-state index contributed by atoms with van der Waals surface area (Å²) < 4.78 is 5.18. The number of hydrogen-bond donors (Lipinski definition) is 2. The molecular weight excluding hydrogens is 270 g/mol. The van der Waals surface area contributed by atoms with Gasteiger partial charge in [0.2, 0.25) is 5.76 Å². The molecule has 5 nitrogen and oxygen atoms in total. The smallest absolute Gasteiger partial charge is 0.371 e. The third-order valence-electron chi connectivity index (χ3n) is 3.28. The summed E-state index contributed by atoms with van der Waals surface area (Å²) in [5, 5.41) is 20.2. The number of hydrogen-bond acceptors (Lipinski definition) is 4. The van der Waals surface area contributed by atoms with E-state index >= 15 is 0 Å². The van der Waals surface area contributed by atoms with Gasteiger partial charge in [0, 0.05) is 11.1 Å². The zero-order valence-corrected chi connectivity index (χ0v) is 11.3. The number of nitrogens with zero attached hydrogens (tertiary/aromatic N) is 1. The third kappa shape index (κ3) is 2.39. The number of benzene rings is 1. The highest BCUT2D eigenvalue weighted by Gasteiger charge is 2.20. The highest BCUT2D eigenvalue weighted by Crippen LogP contribution is 2.29. The summed E-state index contributed by atoms with van der Waals surface area (Å²) in [5.74, 6) is -1.16. The maximum absolute atomic E-state index is 10.9. The first-order valence-corrected chi connectivity index (χ1v) is 6.43. The van der Waals surface area contributed by atoms with Crippen LogP contribution in [0.2, 0.25) is 0 Å². The number of fused-ring (bicyclic) bond motifs is 1. The van der Waals surface area contributed by atoms with Crippen LogP contribution in [0.4, 0.5) is 0 Å². The van der Waals surface area contributed by atoms with E-state index in [0.29, 0.717) is 5.56 Å². The predicted octanol–water partition coefficient (Wildman–Crippen LogP) is 2.92. The van der Waals surface area contributed by atoms with E-state index in [2.05, 4.69) is 4.98 Å². The Morgan fingerprint density at radius 3 is 2.71 bits per heavy atom. The van der Waals surface area contributed by atoms with Crippen LogP contribution in [0.1, 0.15) is 33.7 Å². The van der Waals surface area contributed by atoms with Gasteiger partial charge in [-0.05, 0) is 36.8 Å². The van der Waals surface area contributed by atoms with Crippen LogP contribution in [0, 0.1) is 6.92 Å². The number of furan rings is 1. The summed E-state index contributed by atoms with van der Waals surface area (Å²) in [6.45, 7) is 1.84. The Morgan fingerprint density at radius 2 is 2.00 bits per heavy atom. The Morgan fingerprint density at radius 1 is 1.24 bits per heavy atom. The largest absolute Gasteiger partial charge is 0.475 e. The second kappa shape index (κ2) is 5.03. The fraction of sp³-hybridized carbons (Fsp3) is 0.125. The van der Waals surface area contributed by atoms with Gasteiger partial charge in [-0.2, -0.15) is 0 Å². The predicted molar refractivity (Wildman–Crippen MR) is 76.2 cm³/mol. The number of carboxylic acid groups (broad SMARTS) is 1. The molecule has 0 aliphatic carbocycles. The first-order chi connectivity index (χ1) is 10.1. The van der Waals surface area contributed by atoms with Crippen molar-refractivity contribution < 1.29 is 19.4 Å². The summed E-state index contributed by atoms with van der Waals surface area (Å²) in [7, 11) is 0. The third-order valence-corrected chi connectivity index (χ3v) is 3.28. The van der Waals surface area contributed by atoms with Gasteiger partial charge in [-0.3, -0.25) is 4.98 Å². The van der Waals surface area contributed by atoms with E-state index in [1.165, 1.54) is 12.1 Å². The van der Waals surface area contributed by atoms with Crippen LogP contribution in [0.25, 0.3) is 10.9 Å². The zero-order valence-electron chi connectivity index (χ0n) is 11.3. The first kappa shape index (κ1) is 13.3. The van der Waals surface area contributed by atoms with Crippen molar-refractivity contribution in [2.45, 2.75) is 13.0 Å². The minimum absolute atomic E-state index is 0.195. The maximum atomic E-state index is 10.9. The lowest BCUT2D eigenvalue weighted by molar-refractivity contribution is 0.0655. The van der Waals surface area contributed by atoms with Crippen LogP contribution in [0.15, 0.2) is 46.9 Å². The minimum atomic E-state index is -1.16. The van der Waals surface area contributed by atoms with Gasteiger partial charge >= 0.3 is 5.97 Å².